The molecule has 0 bridgehead atoms. The van der Waals surface area contributed by atoms with Crippen molar-refractivity contribution in [3.05, 3.63) is 118 Å². The third-order valence-electron chi connectivity index (χ3n) is 8.46. The zero-order chi connectivity index (χ0) is 33.7. The summed E-state index contributed by atoms with van der Waals surface area (Å²) in [4.78, 5) is 85.9. The van der Waals surface area contributed by atoms with E-state index in [2.05, 4.69) is 31.3 Å². The van der Waals surface area contributed by atoms with Crippen LogP contribution in [-0.2, 0) is 9.59 Å². The first kappa shape index (κ1) is 30.4. The van der Waals surface area contributed by atoms with Gasteiger partial charge in [-0.15, -0.1) is 0 Å². The molecule has 12 nitrogen and oxygen atoms in total. The molecule has 3 aromatic carbocycles. The molecule has 48 heavy (non-hydrogen) atoms. The molecule has 4 atom stereocenters. The van der Waals surface area contributed by atoms with Gasteiger partial charge in [-0.2, -0.15) is 0 Å². The number of hydrogen-bond acceptors (Lipinski definition) is 10. The Morgan fingerprint density at radius 3 is 1.23 bits per heavy atom. The quantitative estimate of drug-likeness (QED) is 0.317. The van der Waals surface area contributed by atoms with E-state index < -0.39 is 24.2 Å². The van der Waals surface area contributed by atoms with E-state index in [9.17, 15) is 28.8 Å². The van der Waals surface area contributed by atoms with Gasteiger partial charge in [0.05, 0.1) is 11.4 Å². The van der Waals surface area contributed by atoms with E-state index >= 15 is 0 Å². The standard InChI is InChI=1S/C36H28N6O6/c1-17(43)37-25(35-39-27-28(40-35)32(46)22-8-4-3-7-21(22)31(27)45)15-19-11-13-20(14-12-19)16-26(38-18(2)44)36-41-29-30(42-36)34(48)24-10-6-5-9-23(24)33(29)47/h3-16,27-30H,1-2H3,(H,37,43)(H,38,44)(H,39,40)(H,41,42)/b25-15-,26-16-. The van der Waals surface area contributed by atoms with E-state index in [4.69, 9.17) is 0 Å². The van der Waals surface area contributed by atoms with Gasteiger partial charge >= 0.3 is 0 Å². The molecule has 7 rings (SSSR count). The van der Waals surface area contributed by atoms with Crippen LogP contribution in [0.15, 0.2) is 94.2 Å². The Morgan fingerprint density at radius 1 is 0.562 bits per heavy atom. The minimum absolute atomic E-state index is 0.213. The third-order valence-corrected chi connectivity index (χ3v) is 8.46. The van der Waals surface area contributed by atoms with Crippen LogP contribution in [0, 0.1) is 0 Å². The molecule has 4 N–H and O–H groups in total. The summed E-state index contributed by atoms with van der Waals surface area (Å²) in [7, 11) is 0. The lowest BCUT2D eigenvalue weighted by Crippen LogP contribution is -2.49. The molecule has 4 aliphatic rings. The Labute approximate surface area is 274 Å². The molecule has 2 heterocycles. The van der Waals surface area contributed by atoms with E-state index in [0.717, 1.165) is 0 Å². The van der Waals surface area contributed by atoms with E-state index in [1.54, 1.807) is 84.9 Å². The minimum atomic E-state index is -0.949. The van der Waals surface area contributed by atoms with Crippen molar-refractivity contribution >= 4 is 58.8 Å². The van der Waals surface area contributed by atoms with Crippen molar-refractivity contribution in [1.82, 2.24) is 21.3 Å². The summed E-state index contributed by atoms with van der Waals surface area (Å²) in [6.45, 7) is 2.69. The second-order valence-corrected chi connectivity index (χ2v) is 11.8. The van der Waals surface area contributed by atoms with Gasteiger partial charge < -0.3 is 21.3 Å². The maximum absolute atomic E-state index is 13.2. The zero-order valence-corrected chi connectivity index (χ0v) is 25.7. The maximum Gasteiger partial charge on any atom is 0.221 e. The summed E-state index contributed by atoms with van der Waals surface area (Å²) < 4.78 is 0. The van der Waals surface area contributed by atoms with E-state index in [1.807, 2.05) is 0 Å². The van der Waals surface area contributed by atoms with Gasteiger partial charge in [0.2, 0.25) is 11.8 Å². The Bertz CT molecular complexity index is 1940. The van der Waals surface area contributed by atoms with Gasteiger partial charge in [-0.3, -0.25) is 38.8 Å². The van der Waals surface area contributed by atoms with Crippen LogP contribution in [0.5, 0.6) is 0 Å². The summed E-state index contributed by atoms with van der Waals surface area (Å²) >= 11 is 0. The molecule has 238 valence electrons. The number of amidine groups is 2. The molecular formula is C36H28N6O6. The molecular weight excluding hydrogens is 612 g/mol. The van der Waals surface area contributed by atoms with Crippen molar-refractivity contribution in [1.29, 1.82) is 0 Å². The number of fused-ring (bicyclic) bond motifs is 4. The van der Waals surface area contributed by atoms with Crippen molar-refractivity contribution in [2.45, 2.75) is 38.0 Å². The molecule has 0 saturated heterocycles. The van der Waals surface area contributed by atoms with Crippen LogP contribution in [0.4, 0.5) is 0 Å². The SMILES string of the molecule is CC(=O)N/C(=C\c1ccc(/C=C(\NC(C)=O)C2=NC3C(=O)c4ccccc4C(=O)C3N2)cc1)C1=NC2C(=O)c3ccccc3C(=O)C2N1. The van der Waals surface area contributed by atoms with Crippen LogP contribution < -0.4 is 21.3 Å². The van der Waals surface area contributed by atoms with E-state index in [-0.39, 0.29) is 58.0 Å². The molecule has 2 aliphatic heterocycles. The third kappa shape index (κ3) is 5.32. The van der Waals surface area contributed by atoms with E-state index in [1.165, 1.54) is 13.8 Å². The molecule has 2 amide bonds. The van der Waals surface area contributed by atoms with Crippen LogP contribution in [0.2, 0.25) is 0 Å². The fourth-order valence-corrected chi connectivity index (χ4v) is 6.29. The second kappa shape index (κ2) is 11.8. The van der Waals surface area contributed by atoms with Crippen molar-refractivity contribution in [3.63, 3.8) is 0 Å². The summed E-state index contributed by atoms with van der Waals surface area (Å²) in [6.07, 6.45) is 3.33. The highest BCUT2D eigenvalue weighted by Crippen LogP contribution is 2.29. The molecule has 0 aromatic heterocycles. The zero-order valence-electron chi connectivity index (χ0n) is 25.7. The second-order valence-electron chi connectivity index (χ2n) is 11.8. The number of carbonyl (C=O) groups excluding carboxylic acids is 6. The Balaban J connectivity index is 1.15. The van der Waals surface area contributed by atoms with Gasteiger partial charge in [-0.25, -0.2) is 0 Å². The van der Waals surface area contributed by atoms with Crippen molar-refractivity contribution < 1.29 is 28.8 Å². The molecule has 3 aromatic rings. The molecule has 2 aliphatic carbocycles. The lowest BCUT2D eigenvalue weighted by atomic mass is 9.83. The normalized spacial score (nSPS) is 22.7. The largest absolute Gasteiger partial charge is 0.356 e. The Hall–Kier alpha value is -6.30. The minimum Gasteiger partial charge on any atom is -0.356 e. The van der Waals surface area contributed by atoms with Gasteiger partial charge in [-0.1, -0.05) is 72.8 Å². The van der Waals surface area contributed by atoms with Crippen LogP contribution >= 0.6 is 0 Å². The molecule has 4 unspecified atom stereocenters. The van der Waals surface area contributed by atoms with Crippen LogP contribution in [0.25, 0.3) is 12.2 Å². The molecule has 0 spiro atoms. The number of rotatable bonds is 6. The monoisotopic (exact) mass is 640 g/mol. The van der Waals surface area contributed by atoms with Gasteiger partial charge in [0.15, 0.2) is 23.1 Å². The van der Waals surface area contributed by atoms with Crippen LogP contribution in [-0.4, -0.2) is 70.8 Å². The highest BCUT2D eigenvalue weighted by atomic mass is 16.2. The highest BCUT2D eigenvalue weighted by Gasteiger charge is 2.47. The highest BCUT2D eigenvalue weighted by molar-refractivity contribution is 6.24. The number of aliphatic imine (C=N–C) groups is 2. The lowest BCUT2D eigenvalue weighted by Gasteiger charge is -2.23. The number of nitrogens with zero attached hydrogens (tertiary/aromatic N) is 2. The average Bonchev–Trinajstić information content (AvgIpc) is 3.73. The fraction of sp³-hybridized carbons (Fsp3) is 0.167. The number of Topliss-reactive ketones (excluding diaryl/α,β-unsaturated/α-hetero) is 4. The smallest absolute Gasteiger partial charge is 0.221 e. The molecule has 12 heteroatoms. The van der Waals surface area contributed by atoms with Gasteiger partial charge in [-0.05, 0) is 23.3 Å². The molecule has 0 radical (unpaired) electrons. The number of nitrogens with one attached hydrogen (secondary N) is 4. The first-order valence-electron chi connectivity index (χ1n) is 15.2. The average molecular weight is 641 g/mol. The summed E-state index contributed by atoms with van der Waals surface area (Å²) in [5.74, 6) is -1.36. The number of benzene rings is 3. The number of amides is 2. The van der Waals surface area contributed by atoms with Gasteiger partial charge in [0.1, 0.15) is 35.8 Å². The first-order chi connectivity index (χ1) is 23.1. The maximum atomic E-state index is 13.2. The number of hydrogen-bond donors (Lipinski definition) is 4. The lowest BCUT2D eigenvalue weighted by molar-refractivity contribution is -0.119. The topological polar surface area (TPSA) is 175 Å². The number of ketones is 4. The fourth-order valence-electron chi connectivity index (χ4n) is 6.29. The van der Waals surface area contributed by atoms with Gasteiger partial charge in [0.25, 0.3) is 0 Å². The predicted octanol–water partition coefficient (Wildman–Crippen LogP) is 2.28. The van der Waals surface area contributed by atoms with Crippen molar-refractivity contribution in [2.24, 2.45) is 9.98 Å². The van der Waals surface area contributed by atoms with Crippen LogP contribution in [0.3, 0.4) is 0 Å². The summed E-state index contributed by atoms with van der Waals surface area (Å²) in [5, 5.41) is 11.6. The Morgan fingerprint density at radius 2 is 0.896 bits per heavy atom. The van der Waals surface area contributed by atoms with Crippen molar-refractivity contribution in [2.75, 3.05) is 0 Å². The molecule has 0 saturated carbocycles. The van der Waals surface area contributed by atoms with Crippen LogP contribution in [0.1, 0.15) is 66.4 Å². The molecule has 0 fully saturated rings. The van der Waals surface area contributed by atoms with E-state index in [0.29, 0.717) is 33.4 Å². The summed E-state index contributed by atoms with van der Waals surface area (Å²) in [5.41, 5.74) is 3.20. The Kier molecular flexibility index (Phi) is 7.47. The predicted molar refractivity (Wildman–Crippen MR) is 177 cm³/mol. The number of carbonyl (C=O) groups is 6. The first-order valence-corrected chi connectivity index (χ1v) is 15.2. The summed E-state index contributed by atoms with van der Waals surface area (Å²) in [6, 6.07) is 16.6. The van der Waals surface area contributed by atoms with Crippen molar-refractivity contribution in [3.8, 4) is 0 Å². The van der Waals surface area contributed by atoms with Gasteiger partial charge in [0, 0.05) is 36.1 Å².